The lowest BCUT2D eigenvalue weighted by Gasteiger charge is -1.90. The van der Waals surface area contributed by atoms with E-state index in [1.54, 1.807) is 0 Å². The van der Waals surface area contributed by atoms with Gasteiger partial charge in [0.05, 0.1) is 0 Å². The highest BCUT2D eigenvalue weighted by Gasteiger charge is 1.95. The molecule has 0 fully saturated rings. The van der Waals surface area contributed by atoms with Gasteiger partial charge in [-0.2, -0.15) is 0 Å². The first-order valence-corrected chi connectivity index (χ1v) is 6.05. The smallest absolute Gasteiger partial charge is 0.0300 e. The summed E-state index contributed by atoms with van der Waals surface area (Å²) in [7, 11) is 0.863. The van der Waals surface area contributed by atoms with Crippen LogP contribution >= 0.6 is 31.3 Å². The number of hydrogen-bond acceptors (Lipinski definition) is 2. The first kappa shape index (κ1) is 7.48. The Morgan fingerprint density at radius 1 is 0.909 bits per heavy atom. The molecule has 0 N–H and O–H groups in total. The van der Waals surface area contributed by atoms with Crippen molar-refractivity contribution in [2.45, 2.75) is 0 Å². The highest BCUT2D eigenvalue weighted by Crippen LogP contribution is 2.16. The van der Waals surface area contributed by atoms with Gasteiger partial charge in [-0.25, -0.2) is 0 Å². The summed E-state index contributed by atoms with van der Waals surface area (Å²) in [5.74, 6) is 0. The summed E-state index contributed by atoms with van der Waals surface area (Å²) in [4.78, 5) is 0. The van der Waals surface area contributed by atoms with Crippen LogP contribution < -0.4 is 9.24 Å². The van der Waals surface area contributed by atoms with Crippen molar-refractivity contribution in [1.82, 2.24) is 0 Å². The molecule has 0 aromatic carbocycles. The molecule has 0 nitrogen and oxygen atoms in total. The molecule has 11 heavy (non-hydrogen) atoms. The summed E-state index contributed by atoms with van der Waals surface area (Å²) in [6, 6.07) is 8.62. The minimum atomic E-state index is 0.863. The van der Waals surface area contributed by atoms with Gasteiger partial charge in [0, 0.05) is 9.24 Å². The summed E-state index contributed by atoms with van der Waals surface area (Å²) < 4.78 is 2.96. The normalized spacial score (nSPS) is 10.2. The van der Waals surface area contributed by atoms with Crippen molar-refractivity contribution in [3.63, 3.8) is 0 Å². The molecule has 2 aromatic rings. The molecule has 0 aliphatic carbocycles. The Labute approximate surface area is 75.7 Å². The molecule has 0 bridgehead atoms. The Morgan fingerprint density at radius 3 is 1.82 bits per heavy atom. The van der Waals surface area contributed by atoms with Crippen LogP contribution in [0, 0.1) is 0 Å². The molecular weight excluding hydrogens is 191 g/mol. The predicted octanol–water partition coefficient (Wildman–Crippen LogP) is 2.44. The van der Waals surface area contributed by atoms with Gasteiger partial charge in [-0.1, -0.05) is 12.1 Å². The molecule has 0 aliphatic rings. The molecule has 0 unspecified atom stereocenters. The van der Waals surface area contributed by atoms with Crippen molar-refractivity contribution in [2.24, 2.45) is 0 Å². The van der Waals surface area contributed by atoms with E-state index < -0.39 is 0 Å². The standard InChI is InChI=1S/C8H7PS2/c1-3-7(10-5-1)9-8-4-2-6-11-8/h1-6,9H. The minimum absolute atomic E-state index is 0.863. The molecule has 0 aliphatic heterocycles. The van der Waals surface area contributed by atoms with E-state index in [2.05, 4.69) is 35.0 Å². The zero-order valence-electron chi connectivity index (χ0n) is 5.78. The van der Waals surface area contributed by atoms with Crippen LogP contribution in [-0.2, 0) is 0 Å². The van der Waals surface area contributed by atoms with Crippen LogP contribution in [0.25, 0.3) is 0 Å². The van der Waals surface area contributed by atoms with Crippen molar-refractivity contribution in [2.75, 3.05) is 0 Å². The highest BCUT2D eigenvalue weighted by atomic mass is 32.1. The van der Waals surface area contributed by atoms with Crippen molar-refractivity contribution < 1.29 is 0 Å². The third-order valence-electron chi connectivity index (χ3n) is 1.29. The van der Waals surface area contributed by atoms with E-state index in [1.165, 1.54) is 9.24 Å². The van der Waals surface area contributed by atoms with E-state index in [0.717, 1.165) is 8.58 Å². The lowest BCUT2D eigenvalue weighted by Crippen LogP contribution is -1.92. The van der Waals surface area contributed by atoms with Crippen molar-refractivity contribution >= 4 is 40.5 Å². The van der Waals surface area contributed by atoms with Gasteiger partial charge in [-0.05, 0) is 31.5 Å². The summed E-state index contributed by atoms with van der Waals surface area (Å²) in [5.41, 5.74) is 0. The molecular formula is C8H7PS2. The second kappa shape index (κ2) is 3.48. The zero-order chi connectivity index (χ0) is 7.52. The summed E-state index contributed by atoms with van der Waals surface area (Å²) in [6.45, 7) is 0. The molecule has 2 heterocycles. The quantitative estimate of drug-likeness (QED) is 0.650. The van der Waals surface area contributed by atoms with Gasteiger partial charge >= 0.3 is 0 Å². The first-order valence-electron chi connectivity index (χ1n) is 3.29. The van der Waals surface area contributed by atoms with Gasteiger partial charge in [0.1, 0.15) is 0 Å². The minimum Gasteiger partial charge on any atom is -0.144 e. The fourth-order valence-corrected chi connectivity index (χ4v) is 4.08. The van der Waals surface area contributed by atoms with Gasteiger partial charge in [-0.3, -0.25) is 0 Å². The first-order chi connectivity index (χ1) is 5.45. The summed E-state index contributed by atoms with van der Waals surface area (Å²) in [5, 5.41) is 4.27. The number of rotatable bonds is 2. The second-order valence-corrected chi connectivity index (χ2v) is 6.03. The van der Waals surface area contributed by atoms with E-state index in [-0.39, 0.29) is 0 Å². The van der Waals surface area contributed by atoms with Gasteiger partial charge in [0.2, 0.25) is 0 Å². The van der Waals surface area contributed by atoms with Crippen LogP contribution in [0.15, 0.2) is 35.0 Å². The molecule has 0 saturated heterocycles. The second-order valence-electron chi connectivity index (χ2n) is 2.08. The van der Waals surface area contributed by atoms with Crippen molar-refractivity contribution in [3.05, 3.63) is 35.0 Å². The Balaban J connectivity index is 2.14. The van der Waals surface area contributed by atoms with Crippen LogP contribution in [0.5, 0.6) is 0 Å². The Bertz CT molecular complexity index is 264. The van der Waals surface area contributed by atoms with E-state index in [4.69, 9.17) is 0 Å². The average molecular weight is 198 g/mol. The van der Waals surface area contributed by atoms with Gasteiger partial charge < -0.3 is 0 Å². The third kappa shape index (κ3) is 1.90. The number of hydrogen-bond donors (Lipinski definition) is 0. The van der Waals surface area contributed by atoms with Gasteiger partial charge in [0.25, 0.3) is 0 Å². The third-order valence-corrected chi connectivity index (χ3v) is 4.80. The maximum Gasteiger partial charge on any atom is 0.0300 e. The van der Waals surface area contributed by atoms with E-state index in [1.807, 2.05) is 22.7 Å². The molecule has 0 atom stereocenters. The average Bonchev–Trinajstić information content (AvgIpc) is 2.60. The summed E-state index contributed by atoms with van der Waals surface area (Å²) in [6.07, 6.45) is 0. The Hall–Kier alpha value is -0.170. The van der Waals surface area contributed by atoms with Crippen LogP contribution in [-0.4, -0.2) is 0 Å². The fraction of sp³-hybridized carbons (Fsp3) is 0. The maximum absolute atomic E-state index is 2.20. The SMILES string of the molecule is c1csc(Pc2cccs2)c1. The van der Waals surface area contributed by atoms with Crippen LogP contribution in [0.1, 0.15) is 0 Å². The molecule has 2 aromatic heterocycles. The highest BCUT2D eigenvalue weighted by molar-refractivity contribution is 7.68. The van der Waals surface area contributed by atoms with Crippen LogP contribution in [0.2, 0.25) is 0 Å². The predicted molar refractivity (Wildman–Crippen MR) is 56.2 cm³/mol. The van der Waals surface area contributed by atoms with E-state index >= 15 is 0 Å². The van der Waals surface area contributed by atoms with E-state index in [9.17, 15) is 0 Å². The topological polar surface area (TPSA) is 0 Å². The molecule has 0 amide bonds. The molecule has 0 radical (unpaired) electrons. The maximum atomic E-state index is 2.20. The van der Waals surface area contributed by atoms with Gasteiger partial charge in [-0.15, -0.1) is 22.7 Å². The lowest BCUT2D eigenvalue weighted by molar-refractivity contribution is 2.06. The molecule has 3 heteroatoms. The lowest BCUT2D eigenvalue weighted by atomic mass is 10.7. The van der Waals surface area contributed by atoms with E-state index in [0.29, 0.717) is 0 Å². The van der Waals surface area contributed by atoms with Crippen molar-refractivity contribution in [1.29, 1.82) is 0 Å². The fourth-order valence-electron chi connectivity index (χ4n) is 0.821. The van der Waals surface area contributed by atoms with Crippen LogP contribution in [0.3, 0.4) is 0 Å². The van der Waals surface area contributed by atoms with Gasteiger partial charge in [0.15, 0.2) is 0 Å². The number of thiophene rings is 2. The molecule has 0 spiro atoms. The Morgan fingerprint density at radius 2 is 1.45 bits per heavy atom. The molecule has 0 saturated carbocycles. The monoisotopic (exact) mass is 198 g/mol. The molecule has 56 valence electrons. The van der Waals surface area contributed by atoms with Crippen LogP contribution in [0.4, 0.5) is 0 Å². The molecule has 2 rings (SSSR count). The zero-order valence-corrected chi connectivity index (χ0v) is 8.41. The van der Waals surface area contributed by atoms with Crippen molar-refractivity contribution in [3.8, 4) is 0 Å². The largest absolute Gasteiger partial charge is 0.144 e. The summed E-state index contributed by atoms with van der Waals surface area (Å²) >= 11 is 3.68. The Kier molecular flexibility index (Phi) is 2.37.